The Morgan fingerprint density at radius 3 is 2.65 bits per heavy atom. The predicted octanol–water partition coefficient (Wildman–Crippen LogP) is 3.24. The van der Waals surface area contributed by atoms with Crippen LogP contribution < -0.4 is 4.74 Å². The fourth-order valence-electron chi connectivity index (χ4n) is 3.65. The van der Waals surface area contributed by atoms with Gasteiger partial charge >= 0.3 is 0 Å². The number of benzene rings is 1. The van der Waals surface area contributed by atoms with Crippen molar-refractivity contribution in [1.82, 2.24) is 4.90 Å². The minimum absolute atomic E-state index is 0.188. The summed E-state index contributed by atoms with van der Waals surface area (Å²) in [6.07, 6.45) is 3.97. The van der Waals surface area contributed by atoms with Gasteiger partial charge in [0, 0.05) is 5.56 Å². The lowest BCUT2D eigenvalue weighted by Crippen LogP contribution is -2.52. The lowest BCUT2D eigenvalue weighted by molar-refractivity contribution is -0.0459. The van der Waals surface area contributed by atoms with Gasteiger partial charge in [0.1, 0.15) is 11.9 Å². The third-order valence-electron chi connectivity index (χ3n) is 4.84. The Hall–Kier alpha value is -1.06. The van der Waals surface area contributed by atoms with Crippen molar-refractivity contribution in [3.05, 3.63) is 29.8 Å². The summed E-state index contributed by atoms with van der Waals surface area (Å²) in [4.78, 5) is 2.21. The second kappa shape index (κ2) is 6.15. The lowest BCUT2D eigenvalue weighted by atomic mass is 9.70. The normalized spacial score (nSPS) is 28.4. The smallest absolute Gasteiger partial charge is 0.124 e. The highest BCUT2D eigenvalue weighted by Crippen LogP contribution is 2.45. The van der Waals surface area contributed by atoms with Crippen molar-refractivity contribution in [1.29, 1.82) is 0 Å². The number of aliphatic hydroxyl groups is 1. The Bertz CT molecular complexity index is 446. The number of methoxy groups -OCH3 is 1. The number of nitrogens with zero attached hydrogens (tertiary/aromatic N) is 1. The summed E-state index contributed by atoms with van der Waals surface area (Å²) in [5, 5.41) is 11.1. The van der Waals surface area contributed by atoms with Crippen LogP contribution in [0.4, 0.5) is 0 Å². The van der Waals surface area contributed by atoms with Crippen LogP contribution in [0.25, 0.3) is 0 Å². The molecular formula is C17H27NO2. The Balaban J connectivity index is 2.38. The zero-order valence-corrected chi connectivity index (χ0v) is 13.1. The molecule has 1 N–H and O–H groups in total. The third-order valence-corrected chi connectivity index (χ3v) is 4.84. The summed E-state index contributed by atoms with van der Waals surface area (Å²) in [6.45, 7) is 2.28. The van der Waals surface area contributed by atoms with E-state index in [1.54, 1.807) is 7.11 Å². The molecule has 1 aliphatic rings. The molecule has 0 aliphatic heterocycles. The average Bonchev–Trinajstić information content (AvgIpc) is 2.46. The summed E-state index contributed by atoms with van der Waals surface area (Å²) >= 11 is 0. The van der Waals surface area contributed by atoms with Crippen LogP contribution in [0.1, 0.15) is 44.3 Å². The quantitative estimate of drug-likeness (QED) is 0.917. The van der Waals surface area contributed by atoms with Gasteiger partial charge in [0.25, 0.3) is 0 Å². The molecule has 1 aromatic rings. The second-order valence-electron chi connectivity index (χ2n) is 6.34. The molecule has 20 heavy (non-hydrogen) atoms. The Kier molecular flexibility index (Phi) is 4.71. The molecule has 3 nitrogen and oxygen atoms in total. The zero-order chi connectivity index (χ0) is 14.8. The fraction of sp³-hybridized carbons (Fsp3) is 0.647. The van der Waals surface area contributed by atoms with Gasteiger partial charge in [0.05, 0.1) is 12.6 Å². The molecule has 2 rings (SSSR count). The van der Waals surface area contributed by atoms with Crippen molar-refractivity contribution >= 4 is 0 Å². The van der Waals surface area contributed by atoms with Gasteiger partial charge in [-0.15, -0.1) is 0 Å². The Morgan fingerprint density at radius 1 is 1.35 bits per heavy atom. The molecule has 0 radical (unpaired) electrons. The van der Waals surface area contributed by atoms with Crippen LogP contribution in [0.5, 0.6) is 5.75 Å². The molecule has 1 saturated carbocycles. The summed E-state index contributed by atoms with van der Waals surface area (Å²) in [5.41, 5.74) is 0.713. The van der Waals surface area contributed by atoms with Gasteiger partial charge in [-0.3, -0.25) is 0 Å². The maximum absolute atomic E-state index is 11.1. The summed E-state index contributed by atoms with van der Waals surface area (Å²) < 4.78 is 5.43. The molecule has 1 fully saturated rings. The number of ether oxygens (including phenoxy) is 1. The van der Waals surface area contributed by atoms with Gasteiger partial charge in [-0.25, -0.2) is 0 Å². The standard InChI is InChI=1S/C17H27NO2/c1-13-8-7-11-17(12-13,18(2)3)16(19)14-9-5-6-10-15(14)20-4/h5-6,9-10,13,16,19H,7-8,11-12H2,1-4H3. The predicted molar refractivity (Wildman–Crippen MR) is 82.0 cm³/mol. The monoisotopic (exact) mass is 277 g/mol. The van der Waals surface area contributed by atoms with E-state index in [9.17, 15) is 5.11 Å². The van der Waals surface area contributed by atoms with Crippen LogP contribution >= 0.6 is 0 Å². The van der Waals surface area contributed by atoms with Crippen LogP contribution in [-0.4, -0.2) is 36.8 Å². The highest BCUT2D eigenvalue weighted by Gasteiger charge is 2.44. The lowest BCUT2D eigenvalue weighted by Gasteiger charge is -2.48. The van der Waals surface area contributed by atoms with Gasteiger partial charge in [-0.1, -0.05) is 38.0 Å². The molecule has 0 amide bonds. The third kappa shape index (κ3) is 2.70. The first-order valence-electron chi connectivity index (χ1n) is 7.49. The molecule has 112 valence electrons. The van der Waals surface area contributed by atoms with Crippen molar-refractivity contribution in [3.8, 4) is 5.75 Å². The molecule has 1 aliphatic carbocycles. The number of para-hydroxylation sites is 1. The zero-order valence-electron chi connectivity index (χ0n) is 13.1. The first-order chi connectivity index (χ1) is 9.51. The van der Waals surface area contributed by atoms with Crippen molar-refractivity contribution < 1.29 is 9.84 Å². The SMILES string of the molecule is COc1ccccc1C(O)C1(N(C)C)CCCC(C)C1. The van der Waals surface area contributed by atoms with Crippen molar-refractivity contribution in [2.24, 2.45) is 5.92 Å². The van der Waals surface area contributed by atoms with E-state index in [1.165, 1.54) is 12.8 Å². The van der Waals surface area contributed by atoms with Gasteiger partial charge in [0.15, 0.2) is 0 Å². The average molecular weight is 277 g/mol. The number of hydrogen-bond donors (Lipinski definition) is 1. The minimum atomic E-state index is -0.517. The van der Waals surface area contributed by atoms with Crippen LogP contribution in [-0.2, 0) is 0 Å². The van der Waals surface area contributed by atoms with Crippen LogP contribution in [0.2, 0.25) is 0 Å². The van der Waals surface area contributed by atoms with E-state index in [2.05, 4.69) is 25.9 Å². The maximum Gasteiger partial charge on any atom is 0.124 e. The molecule has 0 bridgehead atoms. The number of hydrogen-bond acceptors (Lipinski definition) is 3. The summed E-state index contributed by atoms with van der Waals surface area (Å²) in [6, 6.07) is 7.82. The van der Waals surface area contributed by atoms with Crippen LogP contribution in [0.3, 0.4) is 0 Å². The molecule has 0 spiro atoms. The molecule has 3 atom stereocenters. The summed E-state index contributed by atoms with van der Waals surface area (Å²) in [7, 11) is 5.82. The molecule has 1 aromatic carbocycles. The molecule has 3 heteroatoms. The van der Waals surface area contributed by atoms with E-state index >= 15 is 0 Å². The molecule has 0 heterocycles. The first kappa shape index (κ1) is 15.3. The van der Waals surface area contributed by atoms with E-state index in [0.29, 0.717) is 5.92 Å². The largest absolute Gasteiger partial charge is 0.496 e. The fourth-order valence-corrected chi connectivity index (χ4v) is 3.65. The highest BCUT2D eigenvalue weighted by molar-refractivity contribution is 5.37. The first-order valence-corrected chi connectivity index (χ1v) is 7.49. The van der Waals surface area contributed by atoms with Crippen molar-refractivity contribution in [3.63, 3.8) is 0 Å². The van der Waals surface area contributed by atoms with E-state index in [-0.39, 0.29) is 5.54 Å². The van der Waals surface area contributed by atoms with Crippen LogP contribution in [0, 0.1) is 5.92 Å². The van der Waals surface area contributed by atoms with Crippen molar-refractivity contribution in [2.45, 2.75) is 44.2 Å². The Labute approximate surface area is 122 Å². The molecule has 0 aromatic heterocycles. The Morgan fingerprint density at radius 2 is 2.05 bits per heavy atom. The molecule has 0 saturated heterocycles. The molecule has 3 unspecified atom stereocenters. The number of aliphatic hydroxyl groups excluding tert-OH is 1. The van der Waals surface area contributed by atoms with E-state index in [0.717, 1.165) is 24.2 Å². The topological polar surface area (TPSA) is 32.7 Å². The van der Waals surface area contributed by atoms with E-state index in [4.69, 9.17) is 4.74 Å². The molecular weight excluding hydrogens is 250 g/mol. The van der Waals surface area contributed by atoms with E-state index in [1.807, 2.05) is 24.3 Å². The van der Waals surface area contributed by atoms with Gasteiger partial charge in [-0.2, -0.15) is 0 Å². The number of likely N-dealkylation sites (N-methyl/N-ethyl adjacent to an activating group) is 1. The second-order valence-corrected chi connectivity index (χ2v) is 6.34. The van der Waals surface area contributed by atoms with Gasteiger partial charge in [-0.05, 0) is 38.9 Å². The summed E-state index contributed by atoms with van der Waals surface area (Å²) in [5.74, 6) is 1.43. The number of rotatable bonds is 4. The van der Waals surface area contributed by atoms with Gasteiger partial charge < -0.3 is 14.7 Å². The maximum atomic E-state index is 11.1. The van der Waals surface area contributed by atoms with Crippen molar-refractivity contribution in [2.75, 3.05) is 21.2 Å². The van der Waals surface area contributed by atoms with Crippen LogP contribution in [0.15, 0.2) is 24.3 Å². The minimum Gasteiger partial charge on any atom is -0.496 e. The van der Waals surface area contributed by atoms with Gasteiger partial charge in [0.2, 0.25) is 0 Å². The van der Waals surface area contributed by atoms with E-state index < -0.39 is 6.10 Å². The highest BCUT2D eigenvalue weighted by atomic mass is 16.5.